The van der Waals surface area contributed by atoms with Gasteiger partial charge in [0.05, 0.1) is 19.3 Å². The molecule has 0 amide bonds. The number of rotatable bonds is 8. The largest absolute Gasteiger partial charge is 0.493 e. The molecule has 1 N–H and O–H groups in total. The number of benzene rings is 1. The average Bonchev–Trinajstić information content (AvgIpc) is 2.45. The third kappa shape index (κ3) is 5.27. The number of hydrogen-bond donors (Lipinski definition) is 1. The van der Waals surface area contributed by atoms with Crippen molar-refractivity contribution < 1.29 is 28.4 Å². The molecule has 0 spiro atoms. The van der Waals surface area contributed by atoms with E-state index in [1.54, 1.807) is 13.0 Å². The van der Waals surface area contributed by atoms with E-state index in [4.69, 9.17) is 13.7 Å². The molecule has 0 saturated carbocycles. The van der Waals surface area contributed by atoms with Gasteiger partial charge in [-0.3, -0.25) is 4.79 Å². The van der Waals surface area contributed by atoms with E-state index in [2.05, 4.69) is 0 Å². The van der Waals surface area contributed by atoms with Crippen LogP contribution in [0.5, 0.6) is 11.5 Å². The van der Waals surface area contributed by atoms with Crippen LogP contribution in [0, 0.1) is 0 Å². The number of esters is 1. The third-order valence-electron chi connectivity index (χ3n) is 2.64. The van der Waals surface area contributed by atoms with Gasteiger partial charge in [-0.05, 0) is 31.0 Å². The summed E-state index contributed by atoms with van der Waals surface area (Å²) < 4.78 is 15.3. The molecule has 0 aliphatic heterocycles. The van der Waals surface area contributed by atoms with Gasteiger partial charge in [-0.15, -0.1) is 0 Å². The van der Waals surface area contributed by atoms with Crippen molar-refractivity contribution in [2.24, 2.45) is 0 Å². The lowest BCUT2D eigenvalue weighted by Gasteiger charge is -2.12. The summed E-state index contributed by atoms with van der Waals surface area (Å²) in [6.45, 7) is 2.02. The summed E-state index contributed by atoms with van der Waals surface area (Å²) in [6, 6.07) is 2.97. The predicted molar refractivity (Wildman–Crippen MR) is 87.1 cm³/mol. The highest BCUT2D eigenvalue weighted by atomic mass is 127. The third-order valence-corrected chi connectivity index (χ3v) is 3.43. The van der Waals surface area contributed by atoms with Crippen LogP contribution in [0.4, 0.5) is 0 Å². The zero-order chi connectivity index (χ0) is 15.8. The lowest BCUT2D eigenvalue weighted by Crippen LogP contribution is -2.09. The Hall–Kier alpha value is -1.16. The van der Waals surface area contributed by atoms with Gasteiger partial charge in [0.1, 0.15) is 9.21 Å². The van der Waals surface area contributed by atoms with Gasteiger partial charge in [-0.1, -0.05) is 0 Å². The molecular formula is C13H15IO6S. The molecule has 0 fully saturated rings. The number of carboxylic acid groups (broad SMARTS) is 1. The number of ether oxygens (including phenoxy) is 2. The topological polar surface area (TPSA) is 82.1 Å². The number of carboxylic acids is 1. The van der Waals surface area contributed by atoms with Gasteiger partial charge < -0.3 is 18.8 Å². The maximum atomic E-state index is 11.4. The molecule has 6 nitrogen and oxygen atoms in total. The van der Waals surface area contributed by atoms with E-state index in [0.717, 1.165) is 9.21 Å². The van der Waals surface area contributed by atoms with Gasteiger partial charge in [-0.25, -0.2) is 4.79 Å². The SMILES string of the molecule is CCOC(=O)CCc1cc(OSI)c(OC)cc1C(=O)O. The van der Waals surface area contributed by atoms with Gasteiger partial charge >= 0.3 is 11.9 Å². The molecule has 8 heteroatoms. The lowest BCUT2D eigenvalue weighted by atomic mass is 10.0. The summed E-state index contributed by atoms with van der Waals surface area (Å²) in [5.74, 6) is -0.701. The standard InChI is InChI=1S/C13H15IO6S/c1-3-19-12(15)5-4-8-6-11(20-21-14)10(18-2)7-9(8)13(16)17/h6-7H,3-5H2,1-2H3,(H,16,17). The highest BCUT2D eigenvalue weighted by Gasteiger charge is 2.17. The Bertz CT molecular complexity index is 520. The van der Waals surface area contributed by atoms with E-state index in [0.29, 0.717) is 23.7 Å². The number of aryl methyl sites for hydroxylation is 1. The Kier molecular flexibility index (Phi) is 7.65. The molecule has 0 aliphatic carbocycles. The first-order chi connectivity index (χ1) is 10.0. The van der Waals surface area contributed by atoms with Crippen molar-refractivity contribution in [1.82, 2.24) is 0 Å². The van der Waals surface area contributed by atoms with Crippen LogP contribution in [0.2, 0.25) is 0 Å². The van der Waals surface area contributed by atoms with Crippen molar-refractivity contribution in [2.45, 2.75) is 19.8 Å². The minimum Gasteiger partial charge on any atom is -0.493 e. The molecular weight excluding hydrogens is 411 g/mol. The fourth-order valence-corrected chi connectivity index (χ4v) is 2.52. The van der Waals surface area contributed by atoms with Gasteiger partial charge in [-0.2, -0.15) is 0 Å². The number of methoxy groups -OCH3 is 1. The Morgan fingerprint density at radius 2 is 2.05 bits per heavy atom. The monoisotopic (exact) mass is 426 g/mol. The second-order valence-electron chi connectivity index (χ2n) is 3.92. The molecule has 0 unspecified atom stereocenters. The highest BCUT2D eigenvalue weighted by Crippen LogP contribution is 2.35. The molecule has 1 aromatic carbocycles. The van der Waals surface area contributed by atoms with Crippen molar-refractivity contribution in [2.75, 3.05) is 13.7 Å². The van der Waals surface area contributed by atoms with E-state index in [1.807, 2.05) is 21.2 Å². The number of carbonyl (C=O) groups excluding carboxylic acids is 1. The second-order valence-corrected chi connectivity index (χ2v) is 5.29. The summed E-state index contributed by atoms with van der Waals surface area (Å²) in [4.78, 5) is 22.7. The molecule has 0 atom stereocenters. The van der Waals surface area contributed by atoms with Crippen molar-refractivity contribution in [3.8, 4) is 11.5 Å². The zero-order valence-corrected chi connectivity index (χ0v) is 14.5. The van der Waals surface area contributed by atoms with Crippen LogP contribution in [0.1, 0.15) is 29.3 Å². The lowest BCUT2D eigenvalue weighted by molar-refractivity contribution is -0.143. The van der Waals surface area contributed by atoms with Gasteiger partial charge in [0.25, 0.3) is 0 Å². The minimum atomic E-state index is -1.08. The molecule has 1 rings (SSSR count). The van der Waals surface area contributed by atoms with E-state index in [1.165, 1.54) is 13.2 Å². The van der Waals surface area contributed by atoms with Crippen LogP contribution < -0.4 is 8.92 Å². The van der Waals surface area contributed by atoms with Crippen molar-refractivity contribution in [3.63, 3.8) is 0 Å². The number of aromatic carboxylic acids is 1. The summed E-state index contributed by atoms with van der Waals surface area (Å²) in [7, 11) is 2.53. The first-order valence-electron chi connectivity index (χ1n) is 6.08. The van der Waals surface area contributed by atoms with Crippen LogP contribution in [-0.4, -0.2) is 30.8 Å². The first kappa shape index (κ1) is 17.9. The number of halogens is 1. The molecule has 0 aromatic heterocycles. The van der Waals surface area contributed by atoms with Crippen LogP contribution >= 0.6 is 30.4 Å². The molecule has 1 aromatic rings. The molecule has 116 valence electrons. The summed E-state index contributed by atoms with van der Waals surface area (Å²) in [5.41, 5.74) is 0.582. The smallest absolute Gasteiger partial charge is 0.336 e. The summed E-state index contributed by atoms with van der Waals surface area (Å²) in [6.07, 6.45) is 0.365. The quantitative estimate of drug-likeness (QED) is 0.388. The van der Waals surface area contributed by atoms with E-state index >= 15 is 0 Å². The highest BCUT2D eigenvalue weighted by molar-refractivity contribution is 14.2. The Morgan fingerprint density at radius 1 is 1.33 bits per heavy atom. The van der Waals surface area contributed by atoms with Crippen molar-refractivity contribution in [1.29, 1.82) is 0 Å². The van der Waals surface area contributed by atoms with Gasteiger partial charge in [0.2, 0.25) is 0 Å². The molecule has 21 heavy (non-hydrogen) atoms. The van der Waals surface area contributed by atoms with E-state index in [9.17, 15) is 14.7 Å². The Labute approximate surface area is 138 Å². The molecule has 0 bridgehead atoms. The van der Waals surface area contributed by atoms with Crippen molar-refractivity contribution >= 4 is 42.4 Å². The van der Waals surface area contributed by atoms with Gasteiger partial charge in [0.15, 0.2) is 11.5 Å². The second kappa shape index (κ2) is 8.98. The zero-order valence-electron chi connectivity index (χ0n) is 11.6. The number of hydrogen-bond acceptors (Lipinski definition) is 6. The van der Waals surface area contributed by atoms with Crippen LogP contribution in [0.3, 0.4) is 0 Å². The maximum Gasteiger partial charge on any atom is 0.336 e. The fraction of sp³-hybridized carbons (Fsp3) is 0.385. The molecule has 0 radical (unpaired) electrons. The van der Waals surface area contributed by atoms with E-state index < -0.39 is 5.97 Å². The number of carbonyl (C=O) groups is 2. The normalized spacial score (nSPS) is 10.0. The summed E-state index contributed by atoms with van der Waals surface area (Å²) in [5, 5.41) is 9.26. The Balaban J connectivity index is 3.06. The summed E-state index contributed by atoms with van der Waals surface area (Å²) >= 11 is 1.95. The maximum absolute atomic E-state index is 11.4. The molecule has 0 aliphatic rings. The average molecular weight is 426 g/mol. The van der Waals surface area contributed by atoms with E-state index in [-0.39, 0.29) is 24.4 Å². The van der Waals surface area contributed by atoms with Crippen LogP contribution in [0.25, 0.3) is 0 Å². The van der Waals surface area contributed by atoms with Gasteiger partial charge in [0, 0.05) is 27.6 Å². The molecule has 0 saturated heterocycles. The predicted octanol–water partition coefficient (Wildman–Crippen LogP) is 3.27. The van der Waals surface area contributed by atoms with Crippen molar-refractivity contribution in [3.05, 3.63) is 23.3 Å². The Morgan fingerprint density at radius 3 is 2.57 bits per heavy atom. The van der Waals surface area contributed by atoms with Crippen LogP contribution in [-0.2, 0) is 16.0 Å². The first-order valence-corrected chi connectivity index (χ1v) is 9.37. The fourth-order valence-electron chi connectivity index (χ4n) is 1.74. The van der Waals surface area contributed by atoms with Crippen LogP contribution in [0.15, 0.2) is 12.1 Å². The minimum absolute atomic E-state index is 0.0851. The molecule has 0 heterocycles.